The molecule has 1 heterocycles. The fourth-order valence-corrected chi connectivity index (χ4v) is 2.59. The van der Waals surface area contributed by atoms with E-state index in [-0.39, 0.29) is 24.7 Å². The number of carboxylic acid groups (broad SMARTS) is 1. The van der Waals surface area contributed by atoms with E-state index in [2.05, 4.69) is 20.6 Å². The van der Waals surface area contributed by atoms with Gasteiger partial charge in [0.05, 0.1) is 19.9 Å². The zero-order valence-electron chi connectivity index (χ0n) is 13.2. The molecule has 9 heteroatoms. The molecule has 9 nitrogen and oxygen atoms in total. The summed E-state index contributed by atoms with van der Waals surface area (Å²) in [5, 5.41) is 14.3. The number of amides is 2. The average molecular weight is 323 g/mol. The summed E-state index contributed by atoms with van der Waals surface area (Å²) in [7, 11) is 1.46. The number of rotatable bonds is 7. The Kier molecular flexibility index (Phi) is 5.69. The number of carbonyl (C=O) groups is 2. The molecule has 1 aromatic heterocycles. The van der Waals surface area contributed by atoms with E-state index in [9.17, 15) is 9.59 Å². The lowest BCUT2D eigenvalue weighted by molar-refractivity contribution is -0.139. The van der Waals surface area contributed by atoms with E-state index in [1.807, 2.05) is 11.8 Å². The molecule has 0 aliphatic heterocycles. The van der Waals surface area contributed by atoms with Crippen molar-refractivity contribution in [2.45, 2.75) is 31.8 Å². The van der Waals surface area contributed by atoms with E-state index in [1.54, 1.807) is 0 Å². The highest BCUT2D eigenvalue weighted by Gasteiger charge is 2.34. The van der Waals surface area contributed by atoms with Gasteiger partial charge in [0.15, 0.2) is 0 Å². The second-order valence-electron chi connectivity index (χ2n) is 5.32. The molecule has 23 heavy (non-hydrogen) atoms. The minimum atomic E-state index is -0.836. The molecule has 0 aromatic carbocycles. The number of carbonyl (C=O) groups excluding carboxylic acids is 1. The van der Waals surface area contributed by atoms with Crippen molar-refractivity contribution in [3.8, 4) is 5.88 Å². The van der Waals surface area contributed by atoms with Gasteiger partial charge in [0, 0.05) is 12.1 Å². The van der Waals surface area contributed by atoms with Crippen LogP contribution in [0.4, 0.5) is 10.5 Å². The van der Waals surface area contributed by atoms with E-state index >= 15 is 0 Å². The molecule has 1 fully saturated rings. The molecule has 2 rings (SSSR count). The van der Waals surface area contributed by atoms with E-state index in [0.717, 1.165) is 12.8 Å². The highest BCUT2D eigenvalue weighted by Crippen LogP contribution is 2.26. The van der Waals surface area contributed by atoms with Crippen LogP contribution in [0.3, 0.4) is 0 Å². The van der Waals surface area contributed by atoms with Crippen molar-refractivity contribution in [2.24, 2.45) is 0 Å². The van der Waals surface area contributed by atoms with Crippen molar-refractivity contribution in [3.63, 3.8) is 0 Å². The minimum absolute atomic E-state index is 0.0264. The number of carboxylic acids is 1. The molecule has 0 atom stereocenters. The Labute approximate surface area is 134 Å². The topological polar surface area (TPSA) is 117 Å². The molecule has 126 valence electrons. The van der Waals surface area contributed by atoms with Gasteiger partial charge in [-0.3, -0.25) is 9.69 Å². The van der Waals surface area contributed by atoms with Gasteiger partial charge in [0.25, 0.3) is 0 Å². The van der Waals surface area contributed by atoms with Gasteiger partial charge in [-0.1, -0.05) is 6.92 Å². The Morgan fingerprint density at radius 3 is 2.83 bits per heavy atom. The number of nitrogens with one attached hydrogen (secondary N) is 2. The first kappa shape index (κ1) is 16.9. The van der Waals surface area contributed by atoms with E-state index in [0.29, 0.717) is 18.1 Å². The third kappa shape index (κ3) is 4.52. The van der Waals surface area contributed by atoms with E-state index in [4.69, 9.17) is 9.84 Å². The van der Waals surface area contributed by atoms with Gasteiger partial charge in [-0.2, -0.15) is 4.98 Å². The third-order valence-electron chi connectivity index (χ3n) is 3.83. The standard InChI is InChI=1S/C14H21N5O4/c1-3-19(7-12(20)21)10-4-9(5-10)17-14(22)18-11-6-15-8-16-13(11)23-2/h6,8-10H,3-5,7H2,1-2H3,(H,20,21)(H2,17,18,22). The number of hydrogen-bond donors (Lipinski definition) is 3. The molecule has 1 aliphatic carbocycles. The van der Waals surface area contributed by atoms with Gasteiger partial charge in [-0.15, -0.1) is 0 Å². The number of nitrogens with zero attached hydrogens (tertiary/aromatic N) is 3. The molecule has 0 spiro atoms. The van der Waals surface area contributed by atoms with Crippen LogP contribution in [0.5, 0.6) is 5.88 Å². The molecule has 2 amide bonds. The van der Waals surface area contributed by atoms with Gasteiger partial charge >= 0.3 is 12.0 Å². The average Bonchev–Trinajstić information content (AvgIpc) is 2.48. The highest BCUT2D eigenvalue weighted by atomic mass is 16.5. The second kappa shape index (κ2) is 7.73. The van der Waals surface area contributed by atoms with Gasteiger partial charge in [0.1, 0.15) is 12.0 Å². The van der Waals surface area contributed by atoms with Crippen LogP contribution in [0.1, 0.15) is 19.8 Å². The van der Waals surface area contributed by atoms with Gasteiger partial charge in [-0.05, 0) is 19.4 Å². The van der Waals surface area contributed by atoms with Crippen molar-refractivity contribution < 1.29 is 19.4 Å². The molecular weight excluding hydrogens is 302 g/mol. The van der Waals surface area contributed by atoms with E-state index in [1.165, 1.54) is 19.6 Å². The fourth-order valence-electron chi connectivity index (χ4n) is 2.59. The van der Waals surface area contributed by atoms with Crippen molar-refractivity contribution in [3.05, 3.63) is 12.5 Å². The Hall–Kier alpha value is -2.42. The summed E-state index contributed by atoms with van der Waals surface area (Å²) in [6, 6.07) is -0.141. The maximum Gasteiger partial charge on any atom is 0.319 e. The number of anilines is 1. The zero-order chi connectivity index (χ0) is 16.8. The second-order valence-corrected chi connectivity index (χ2v) is 5.32. The largest absolute Gasteiger partial charge is 0.480 e. The van der Waals surface area contributed by atoms with Gasteiger partial charge in [-0.25, -0.2) is 9.78 Å². The summed E-state index contributed by atoms with van der Waals surface area (Å²) in [5.41, 5.74) is 0.393. The summed E-state index contributed by atoms with van der Waals surface area (Å²) in [5.74, 6) is -0.544. The van der Waals surface area contributed by atoms with Crippen LogP contribution < -0.4 is 15.4 Å². The lowest BCUT2D eigenvalue weighted by Crippen LogP contribution is -2.55. The molecule has 3 N–H and O–H groups in total. The number of hydrogen-bond acceptors (Lipinski definition) is 6. The summed E-state index contributed by atoms with van der Waals surface area (Å²) in [6.45, 7) is 2.63. The zero-order valence-corrected chi connectivity index (χ0v) is 13.2. The number of aromatic nitrogens is 2. The Bertz CT molecular complexity index is 562. The Morgan fingerprint density at radius 1 is 1.48 bits per heavy atom. The van der Waals surface area contributed by atoms with Crippen LogP contribution in [0.2, 0.25) is 0 Å². The van der Waals surface area contributed by atoms with Gasteiger partial charge in [0.2, 0.25) is 5.88 Å². The summed E-state index contributed by atoms with van der Waals surface area (Å²) >= 11 is 0. The number of ether oxygens (including phenoxy) is 1. The van der Waals surface area contributed by atoms with E-state index < -0.39 is 5.97 Å². The SMILES string of the molecule is CCN(CC(=O)O)C1CC(NC(=O)Nc2cncnc2OC)C1. The van der Waals surface area contributed by atoms with Crippen molar-refractivity contribution in [1.82, 2.24) is 20.2 Å². The first-order valence-electron chi connectivity index (χ1n) is 7.40. The highest BCUT2D eigenvalue weighted by molar-refractivity contribution is 5.90. The lowest BCUT2D eigenvalue weighted by Gasteiger charge is -2.42. The predicted molar refractivity (Wildman–Crippen MR) is 82.4 cm³/mol. The Balaban J connectivity index is 1.79. The molecule has 0 unspecified atom stereocenters. The normalized spacial score (nSPS) is 19.8. The number of likely N-dealkylation sites (N-methyl/N-ethyl adjacent to an activating group) is 1. The first-order chi connectivity index (χ1) is 11.0. The van der Waals surface area contributed by atoms with Crippen LogP contribution in [0.25, 0.3) is 0 Å². The maximum absolute atomic E-state index is 12.0. The molecule has 1 aromatic rings. The van der Waals surface area contributed by atoms with Crippen LogP contribution in [-0.2, 0) is 4.79 Å². The van der Waals surface area contributed by atoms with Crippen LogP contribution >= 0.6 is 0 Å². The molecule has 1 aliphatic rings. The first-order valence-corrected chi connectivity index (χ1v) is 7.40. The quantitative estimate of drug-likeness (QED) is 0.670. The van der Waals surface area contributed by atoms with Crippen molar-refractivity contribution >= 4 is 17.7 Å². The fraction of sp³-hybridized carbons (Fsp3) is 0.571. The van der Waals surface area contributed by atoms with Gasteiger partial charge < -0.3 is 20.5 Å². The molecular formula is C14H21N5O4. The third-order valence-corrected chi connectivity index (χ3v) is 3.83. The van der Waals surface area contributed by atoms with Crippen LogP contribution in [0.15, 0.2) is 12.5 Å². The monoisotopic (exact) mass is 323 g/mol. The smallest absolute Gasteiger partial charge is 0.319 e. The summed E-state index contributed by atoms with van der Waals surface area (Å²) in [6.07, 6.45) is 4.26. The summed E-state index contributed by atoms with van der Waals surface area (Å²) in [4.78, 5) is 32.4. The number of urea groups is 1. The Morgan fingerprint density at radius 2 is 2.22 bits per heavy atom. The molecule has 0 saturated heterocycles. The summed E-state index contributed by atoms with van der Waals surface area (Å²) < 4.78 is 5.04. The lowest BCUT2D eigenvalue weighted by atomic mass is 9.85. The van der Waals surface area contributed by atoms with Crippen molar-refractivity contribution in [2.75, 3.05) is 25.5 Å². The number of methoxy groups -OCH3 is 1. The predicted octanol–water partition coefficient (Wildman–Crippen LogP) is 0.544. The number of aliphatic carboxylic acids is 1. The maximum atomic E-state index is 12.0. The molecule has 0 radical (unpaired) electrons. The van der Waals surface area contributed by atoms with Crippen LogP contribution in [-0.4, -0.2) is 64.3 Å². The van der Waals surface area contributed by atoms with Crippen LogP contribution in [0, 0.1) is 0 Å². The molecule has 0 bridgehead atoms. The van der Waals surface area contributed by atoms with Crippen molar-refractivity contribution in [1.29, 1.82) is 0 Å². The minimum Gasteiger partial charge on any atom is -0.480 e. The molecule has 1 saturated carbocycles.